The van der Waals surface area contributed by atoms with Gasteiger partial charge in [0.15, 0.2) is 0 Å². The SMILES string of the molecule is C=CC[C@@](CC(C)C)(NC(=O)OC(C)(C)C)C(=O)OC. The molecule has 116 valence electrons. The minimum atomic E-state index is -1.13. The molecule has 1 atom stereocenters. The van der Waals surface area contributed by atoms with Crippen molar-refractivity contribution in [2.75, 3.05) is 7.11 Å². The molecule has 0 radical (unpaired) electrons. The number of amides is 1. The topological polar surface area (TPSA) is 64.6 Å². The van der Waals surface area contributed by atoms with Gasteiger partial charge in [0, 0.05) is 0 Å². The van der Waals surface area contributed by atoms with E-state index in [1.165, 1.54) is 7.11 Å². The molecule has 1 amide bonds. The van der Waals surface area contributed by atoms with Crippen molar-refractivity contribution in [3.05, 3.63) is 12.7 Å². The number of ether oxygens (including phenoxy) is 2. The van der Waals surface area contributed by atoms with Crippen molar-refractivity contribution < 1.29 is 19.1 Å². The minimum absolute atomic E-state index is 0.198. The molecule has 0 aromatic heterocycles. The lowest BCUT2D eigenvalue weighted by Gasteiger charge is -2.33. The highest BCUT2D eigenvalue weighted by atomic mass is 16.6. The lowest BCUT2D eigenvalue weighted by atomic mass is 9.86. The van der Waals surface area contributed by atoms with Crippen LogP contribution in [0.15, 0.2) is 12.7 Å². The summed E-state index contributed by atoms with van der Waals surface area (Å²) in [5.74, 6) is -0.291. The van der Waals surface area contributed by atoms with Crippen molar-refractivity contribution in [3.63, 3.8) is 0 Å². The third kappa shape index (κ3) is 6.08. The second-order valence-electron chi connectivity index (χ2n) is 6.29. The molecule has 0 aromatic rings. The van der Waals surface area contributed by atoms with Crippen LogP contribution in [0.3, 0.4) is 0 Å². The quantitative estimate of drug-likeness (QED) is 0.602. The predicted molar refractivity (Wildman–Crippen MR) is 78.4 cm³/mol. The first kappa shape index (κ1) is 18.5. The first-order chi connectivity index (χ1) is 9.06. The molecule has 5 nitrogen and oxygen atoms in total. The summed E-state index contributed by atoms with van der Waals surface area (Å²) in [6, 6.07) is 0. The Bertz CT molecular complexity index is 357. The standard InChI is InChI=1S/C15H27NO4/c1-8-9-15(10-11(2)3,12(17)19-7)16-13(18)20-14(4,5)6/h8,11H,1,9-10H2,2-7H3,(H,16,18)/t15-/m0/s1. The molecular formula is C15H27NO4. The molecule has 0 heterocycles. The number of nitrogens with one attached hydrogen (secondary N) is 1. The van der Waals surface area contributed by atoms with Gasteiger partial charge in [-0.25, -0.2) is 9.59 Å². The van der Waals surface area contributed by atoms with Crippen molar-refractivity contribution in [2.24, 2.45) is 5.92 Å². The molecule has 0 fully saturated rings. The average molecular weight is 285 g/mol. The highest BCUT2D eigenvalue weighted by Crippen LogP contribution is 2.24. The van der Waals surface area contributed by atoms with Gasteiger partial charge in [0.25, 0.3) is 0 Å². The number of hydrogen-bond acceptors (Lipinski definition) is 4. The molecule has 0 spiro atoms. The van der Waals surface area contributed by atoms with E-state index in [2.05, 4.69) is 11.9 Å². The summed E-state index contributed by atoms with van der Waals surface area (Å²) in [5, 5.41) is 2.66. The zero-order valence-electron chi connectivity index (χ0n) is 13.4. The Morgan fingerprint density at radius 1 is 1.30 bits per heavy atom. The van der Waals surface area contributed by atoms with Crippen LogP contribution in [0.2, 0.25) is 0 Å². The predicted octanol–water partition coefficient (Wildman–Crippen LogP) is 3.05. The summed E-state index contributed by atoms with van der Waals surface area (Å²) < 4.78 is 10.1. The van der Waals surface area contributed by atoms with E-state index < -0.39 is 23.2 Å². The largest absolute Gasteiger partial charge is 0.467 e. The van der Waals surface area contributed by atoms with E-state index in [4.69, 9.17) is 9.47 Å². The molecule has 0 aromatic carbocycles. The number of hydrogen-bond donors (Lipinski definition) is 1. The van der Waals surface area contributed by atoms with Crippen LogP contribution in [0.25, 0.3) is 0 Å². The number of methoxy groups -OCH3 is 1. The van der Waals surface area contributed by atoms with Gasteiger partial charge in [0.2, 0.25) is 0 Å². The summed E-state index contributed by atoms with van der Waals surface area (Å²) >= 11 is 0. The summed E-state index contributed by atoms with van der Waals surface area (Å²) in [6.45, 7) is 12.9. The second-order valence-corrected chi connectivity index (χ2v) is 6.29. The smallest absolute Gasteiger partial charge is 0.408 e. The average Bonchev–Trinajstić information content (AvgIpc) is 2.24. The molecule has 0 aliphatic carbocycles. The van der Waals surface area contributed by atoms with Gasteiger partial charge >= 0.3 is 12.1 Å². The maximum atomic E-state index is 12.1. The maximum Gasteiger partial charge on any atom is 0.408 e. The third-order valence-corrected chi connectivity index (χ3v) is 2.57. The summed E-state index contributed by atoms with van der Waals surface area (Å²) in [6.07, 6.45) is 1.70. The normalized spacial score (nSPS) is 14.3. The second kappa shape index (κ2) is 7.31. The fraction of sp³-hybridized carbons (Fsp3) is 0.733. The Balaban J connectivity index is 5.22. The van der Waals surface area contributed by atoms with Crippen LogP contribution in [0.4, 0.5) is 4.79 Å². The number of carbonyl (C=O) groups is 2. The van der Waals surface area contributed by atoms with Crippen molar-refractivity contribution >= 4 is 12.1 Å². The Morgan fingerprint density at radius 2 is 1.85 bits per heavy atom. The van der Waals surface area contributed by atoms with Crippen LogP contribution in [0.1, 0.15) is 47.5 Å². The first-order valence-corrected chi connectivity index (χ1v) is 6.77. The Hall–Kier alpha value is -1.52. The van der Waals surface area contributed by atoms with Gasteiger partial charge in [-0.2, -0.15) is 0 Å². The van der Waals surface area contributed by atoms with Gasteiger partial charge in [-0.05, 0) is 39.5 Å². The number of esters is 1. The van der Waals surface area contributed by atoms with Gasteiger partial charge < -0.3 is 14.8 Å². The van der Waals surface area contributed by atoms with Crippen molar-refractivity contribution in [1.29, 1.82) is 0 Å². The minimum Gasteiger partial charge on any atom is -0.467 e. The van der Waals surface area contributed by atoms with Crippen molar-refractivity contribution in [2.45, 2.75) is 58.6 Å². The molecule has 0 saturated carbocycles. The Morgan fingerprint density at radius 3 is 2.20 bits per heavy atom. The summed E-state index contributed by atoms with van der Waals surface area (Å²) in [7, 11) is 1.30. The zero-order chi connectivity index (χ0) is 16.0. The van der Waals surface area contributed by atoms with E-state index in [1.807, 2.05) is 13.8 Å². The molecule has 5 heteroatoms. The summed E-state index contributed by atoms with van der Waals surface area (Å²) in [5.41, 5.74) is -1.76. The maximum absolute atomic E-state index is 12.1. The van der Waals surface area contributed by atoms with Crippen LogP contribution < -0.4 is 5.32 Å². The number of carbonyl (C=O) groups excluding carboxylic acids is 2. The Kier molecular flexibility index (Phi) is 6.76. The van der Waals surface area contributed by atoms with Gasteiger partial charge in [-0.15, -0.1) is 6.58 Å². The third-order valence-electron chi connectivity index (χ3n) is 2.57. The van der Waals surface area contributed by atoms with Crippen LogP contribution in [-0.4, -0.2) is 30.3 Å². The van der Waals surface area contributed by atoms with Crippen LogP contribution in [0.5, 0.6) is 0 Å². The van der Waals surface area contributed by atoms with E-state index in [0.717, 1.165) is 0 Å². The van der Waals surface area contributed by atoms with Crippen molar-refractivity contribution in [1.82, 2.24) is 5.32 Å². The highest BCUT2D eigenvalue weighted by Gasteiger charge is 2.41. The molecular weight excluding hydrogens is 258 g/mol. The van der Waals surface area contributed by atoms with Gasteiger partial charge in [0.05, 0.1) is 7.11 Å². The lowest BCUT2D eigenvalue weighted by molar-refractivity contribution is -0.149. The molecule has 0 unspecified atom stereocenters. The fourth-order valence-corrected chi connectivity index (χ4v) is 2.04. The molecule has 0 rings (SSSR count). The molecule has 1 N–H and O–H groups in total. The van der Waals surface area contributed by atoms with E-state index in [0.29, 0.717) is 6.42 Å². The zero-order valence-corrected chi connectivity index (χ0v) is 13.4. The van der Waals surface area contributed by atoms with E-state index in [9.17, 15) is 9.59 Å². The van der Waals surface area contributed by atoms with Gasteiger partial charge in [-0.1, -0.05) is 19.9 Å². The monoisotopic (exact) mass is 285 g/mol. The highest BCUT2D eigenvalue weighted by molar-refractivity contribution is 5.86. The molecule has 0 bridgehead atoms. The molecule has 0 aliphatic rings. The molecule has 0 aliphatic heterocycles. The molecule has 20 heavy (non-hydrogen) atoms. The van der Waals surface area contributed by atoms with Crippen LogP contribution in [-0.2, 0) is 14.3 Å². The number of alkyl carbamates (subject to hydrolysis) is 1. The molecule has 0 saturated heterocycles. The van der Waals surface area contributed by atoms with Crippen LogP contribution in [0, 0.1) is 5.92 Å². The fourth-order valence-electron chi connectivity index (χ4n) is 2.04. The van der Waals surface area contributed by atoms with Crippen molar-refractivity contribution in [3.8, 4) is 0 Å². The lowest BCUT2D eigenvalue weighted by Crippen LogP contribution is -2.56. The van der Waals surface area contributed by atoms with E-state index in [1.54, 1.807) is 26.8 Å². The first-order valence-electron chi connectivity index (χ1n) is 6.77. The van der Waals surface area contributed by atoms with Gasteiger partial charge in [0.1, 0.15) is 11.1 Å². The Labute approximate surface area is 121 Å². The van der Waals surface area contributed by atoms with E-state index >= 15 is 0 Å². The van der Waals surface area contributed by atoms with Gasteiger partial charge in [-0.3, -0.25) is 0 Å². The van der Waals surface area contributed by atoms with Crippen LogP contribution >= 0.6 is 0 Å². The van der Waals surface area contributed by atoms with E-state index in [-0.39, 0.29) is 12.3 Å². The summed E-state index contributed by atoms with van der Waals surface area (Å²) in [4.78, 5) is 24.1. The number of rotatable bonds is 6.